The van der Waals surface area contributed by atoms with Crippen molar-refractivity contribution in [2.45, 2.75) is 32.6 Å². The summed E-state index contributed by atoms with van der Waals surface area (Å²) in [7, 11) is 0. The zero-order valence-electron chi connectivity index (χ0n) is 12.1. The zero-order valence-corrected chi connectivity index (χ0v) is 12.1. The predicted octanol–water partition coefficient (Wildman–Crippen LogP) is 1.36. The average Bonchev–Trinajstić information content (AvgIpc) is 3.01. The molecule has 0 aromatic heterocycles. The van der Waals surface area contributed by atoms with E-state index < -0.39 is 0 Å². The van der Waals surface area contributed by atoms with Gasteiger partial charge in [0.1, 0.15) is 0 Å². The molecule has 3 aliphatic rings. The molecule has 0 aromatic carbocycles. The van der Waals surface area contributed by atoms with E-state index in [2.05, 4.69) is 9.80 Å². The van der Waals surface area contributed by atoms with Gasteiger partial charge in [0, 0.05) is 45.1 Å². The first-order chi connectivity index (χ1) is 9.17. The third-order valence-electron chi connectivity index (χ3n) is 5.16. The van der Waals surface area contributed by atoms with Crippen molar-refractivity contribution in [1.29, 1.82) is 0 Å². The molecule has 0 N–H and O–H groups in total. The maximum absolute atomic E-state index is 11.6. The third kappa shape index (κ3) is 2.95. The summed E-state index contributed by atoms with van der Waals surface area (Å²) >= 11 is 0. The van der Waals surface area contributed by atoms with E-state index in [0.29, 0.717) is 5.41 Å². The molecule has 3 fully saturated rings. The molecule has 108 valence electrons. The summed E-state index contributed by atoms with van der Waals surface area (Å²) in [6, 6.07) is 0. The van der Waals surface area contributed by atoms with E-state index in [-0.39, 0.29) is 5.91 Å². The minimum Gasteiger partial charge on any atom is -0.381 e. The van der Waals surface area contributed by atoms with E-state index in [1.165, 1.54) is 45.3 Å². The van der Waals surface area contributed by atoms with Crippen LogP contribution in [0.1, 0.15) is 32.6 Å². The Morgan fingerprint density at radius 1 is 1.32 bits per heavy atom. The second-order valence-corrected chi connectivity index (χ2v) is 6.76. The molecule has 4 nitrogen and oxygen atoms in total. The van der Waals surface area contributed by atoms with Crippen molar-refractivity contribution in [3.63, 3.8) is 0 Å². The molecule has 3 aliphatic heterocycles. The van der Waals surface area contributed by atoms with E-state index in [0.717, 1.165) is 32.2 Å². The standard InChI is InChI=1S/C15H26N2O2/c1-13(18)17-6-2-4-15(12-17)5-7-16(11-15)9-14-3-8-19-10-14/h14H,2-12H2,1H3/t14-,15-/m1/s1. The Morgan fingerprint density at radius 3 is 2.95 bits per heavy atom. The molecule has 0 bridgehead atoms. The second kappa shape index (κ2) is 5.41. The molecule has 1 spiro atoms. The van der Waals surface area contributed by atoms with E-state index >= 15 is 0 Å². The summed E-state index contributed by atoms with van der Waals surface area (Å²) in [5.74, 6) is 0.990. The van der Waals surface area contributed by atoms with Gasteiger partial charge in [-0.25, -0.2) is 0 Å². The molecular formula is C15H26N2O2. The number of hydrogen-bond acceptors (Lipinski definition) is 3. The van der Waals surface area contributed by atoms with Gasteiger partial charge in [-0.3, -0.25) is 4.79 Å². The quantitative estimate of drug-likeness (QED) is 0.756. The largest absolute Gasteiger partial charge is 0.381 e. The van der Waals surface area contributed by atoms with Gasteiger partial charge in [-0.2, -0.15) is 0 Å². The summed E-state index contributed by atoms with van der Waals surface area (Å²) in [5.41, 5.74) is 0.392. The minimum atomic E-state index is 0.252. The van der Waals surface area contributed by atoms with Gasteiger partial charge in [-0.15, -0.1) is 0 Å². The van der Waals surface area contributed by atoms with Crippen LogP contribution in [0, 0.1) is 11.3 Å². The minimum absolute atomic E-state index is 0.252. The van der Waals surface area contributed by atoms with Crippen LogP contribution in [0.3, 0.4) is 0 Å². The van der Waals surface area contributed by atoms with Crippen molar-refractivity contribution in [1.82, 2.24) is 9.80 Å². The number of amides is 1. The third-order valence-corrected chi connectivity index (χ3v) is 5.16. The van der Waals surface area contributed by atoms with Gasteiger partial charge in [0.25, 0.3) is 0 Å². The van der Waals surface area contributed by atoms with Crippen LogP contribution in [0.4, 0.5) is 0 Å². The number of nitrogens with zero attached hydrogens (tertiary/aromatic N) is 2. The molecular weight excluding hydrogens is 240 g/mol. The Bertz CT molecular complexity index is 341. The van der Waals surface area contributed by atoms with Crippen LogP contribution in [0.15, 0.2) is 0 Å². The number of ether oxygens (including phenoxy) is 1. The van der Waals surface area contributed by atoms with Gasteiger partial charge >= 0.3 is 0 Å². The van der Waals surface area contributed by atoms with Crippen LogP contribution in [0.5, 0.6) is 0 Å². The van der Waals surface area contributed by atoms with Crippen molar-refractivity contribution in [2.75, 3.05) is 45.9 Å². The van der Waals surface area contributed by atoms with Crippen molar-refractivity contribution >= 4 is 5.91 Å². The number of carbonyl (C=O) groups excluding carboxylic acids is 1. The first kappa shape index (κ1) is 13.4. The molecule has 4 heteroatoms. The summed E-state index contributed by atoms with van der Waals surface area (Å²) in [6.45, 7) is 9.15. The summed E-state index contributed by atoms with van der Waals surface area (Å²) in [6.07, 6.45) is 4.97. The highest BCUT2D eigenvalue weighted by Gasteiger charge is 2.42. The van der Waals surface area contributed by atoms with E-state index in [1.807, 2.05) is 0 Å². The molecule has 0 aliphatic carbocycles. The number of piperidine rings is 1. The Hall–Kier alpha value is -0.610. The maximum atomic E-state index is 11.6. The molecule has 0 saturated carbocycles. The summed E-state index contributed by atoms with van der Waals surface area (Å²) in [5, 5.41) is 0. The molecule has 1 amide bonds. The van der Waals surface area contributed by atoms with Gasteiger partial charge in [0.15, 0.2) is 0 Å². The molecule has 3 rings (SSSR count). The monoisotopic (exact) mass is 266 g/mol. The predicted molar refractivity (Wildman–Crippen MR) is 73.9 cm³/mol. The van der Waals surface area contributed by atoms with Crippen molar-refractivity contribution in [3.8, 4) is 0 Å². The fraction of sp³-hybridized carbons (Fsp3) is 0.933. The molecule has 0 unspecified atom stereocenters. The number of carbonyl (C=O) groups is 1. The highest BCUT2D eigenvalue weighted by atomic mass is 16.5. The van der Waals surface area contributed by atoms with Crippen LogP contribution in [-0.2, 0) is 9.53 Å². The maximum Gasteiger partial charge on any atom is 0.219 e. The second-order valence-electron chi connectivity index (χ2n) is 6.76. The SMILES string of the molecule is CC(=O)N1CCC[C@]2(CCN(C[C@H]3CCOC3)C2)C1. The molecule has 3 saturated heterocycles. The Labute approximate surface area is 116 Å². The first-order valence-electron chi connectivity index (χ1n) is 7.73. The molecule has 0 aromatic rings. The lowest BCUT2D eigenvalue weighted by Crippen LogP contribution is -2.46. The molecule has 0 radical (unpaired) electrons. The molecule has 3 heterocycles. The van der Waals surface area contributed by atoms with Crippen LogP contribution >= 0.6 is 0 Å². The summed E-state index contributed by atoms with van der Waals surface area (Å²) < 4.78 is 5.47. The van der Waals surface area contributed by atoms with E-state index in [9.17, 15) is 4.79 Å². The van der Waals surface area contributed by atoms with Gasteiger partial charge < -0.3 is 14.5 Å². The number of rotatable bonds is 2. The number of hydrogen-bond donors (Lipinski definition) is 0. The normalized spacial score (nSPS) is 36.3. The Balaban J connectivity index is 1.55. The van der Waals surface area contributed by atoms with Gasteiger partial charge in [-0.05, 0) is 38.1 Å². The van der Waals surface area contributed by atoms with Crippen LogP contribution in [-0.4, -0.2) is 61.6 Å². The average molecular weight is 266 g/mol. The molecule has 2 atom stereocenters. The van der Waals surface area contributed by atoms with Gasteiger partial charge in [0.05, 0.1) is 6.61 Å². The highest BCUT2D eigenvalue weighted by molar-refractivity contribution is 5.73. The molecule has 19 heavy (non-hydrogen) atoms. The fourth-order valence-electron chi connectivity index (χ4n) is 4.09. The lowest BCUT2D eigenvalue weighted by atomic mass is 9.79. The van der Waals surface area contributed by atoms with Crippen molar-refractivity contribution in [3.05, 3.63) is 0 Å². The fourth-order valence-corrected chi connectivity index (χ4v) is 4.09. The Morgan fingerprint density at radius 2 is 2.21 bits per heavy atom. The van der Waals surface area contributed by atoms with Crippen LogP contribution in [0.2, 0.25) is 0 Å². The first-order valence-corrected chi connectivity index (χ1v) is 7.73. The topological polar surface area (TPSA) is 32.8 Å². The van der Waals surface area contributed by atoms with Crippen molar-refractivity contribution in [2.24, 2.45) is 11.3 Å². The lowest BCUT2D eigenvalue weighted by Gasteiger charge is -2.40. The number of likely N-dealkylation sites (tertiary alicyclic amines) is 2. The van der Waals surface area contributed by atoms with Gasteiger partial charge in [-0.1, -0.05) is 0 Å². The lowest BCUT2D eigenvalue weighted by molar-refractivity contribution is -0.132. The van der Waals surface area contributed by atoms with E-state index in [1.54, 1.807) is 6.92 Å². The smallest absolute Gasteiger partial charge is 0.219 e. The van der Waals surface area contributed by atoms with Crippen LogP contribution < -0.4 is 0 Å². The highest BCUT2D eigenvalue weighted by Crippen LogP contribution is 2.39. The zero-order chi connectivity index (χ0) is 13.3. The van der Waals surface area contributed by atoms with E-state index in [4.69, 9.17) is 4.74 Å². The Kier molecular flexibility index (Phi) is 3.81. The van der Waals surface area contributed by atoms with Crippen LogP contribution in [0.25, 0.3) is 0 Å². The van der Waals surface area contributed by atoms with Gasteiger partial charge in [0.2, 0.25) is 5.91 Å². The van der Waals surface area contributed by atoms with Crippen molar-refractivity contribution < 1.29 is 9.53 Å². The summed E-state index contributed by atoms with van der Waals surface area (Å²) in [4.78, 5) is 16.3.